The van der Waals surface area contributed by atoms with Crippen LogP contribution in [0.2, 0.25) is 0 Å². The quantitative estimate of drug-likeness (QED) is 0.752. The number of nitrogens with one attached hydrogen (secondary N) is 1. The molecule has 1 aromatic carbocycles. The standard InChI is InChI=1S/C12H15F2N/c13-10-6-9(7-11(14)8-10)12-4-2-1-3-5-15-12/h6-8,12,15H,1-5H2. The molecule has 1 N–H and O–H groups in total. The predicted molar refractivity (Wildman–Crippen MR) is 55.6 cm³/mol. The van der Waals surface area contributed by atoms with Crippen molar-refractivity contribution in [2.75, 3.05) is 6.54 Å². The van der Waals surface area contributed by atoms with Gasteiger partial charge in [-0.2, -0.15) is 0 Å². The number of benzene rings is 1. The lowest BCUT2D eigenvalue weighted by Crippen LogP contribution is -2.20. The lowest BCUT2D eigenvalue weighted by Gasteiger charge is -2.16. The molecule has 2 rings (SSSR count). The molecule has 82 valence electrons. The second-order valence-corrected chi connectivity index (χ2v) is 4.06. The van der Waals surface area contributed by atoms with E-state index in [1.54, 1.807) is 0 Å². The fourth-order valence-electron chi connectivity index (χ4n) is 2.09. The predicted octanol–water partition coefficient (Wildman–Crippen LogP) is 3.17. The van der Waals surface area contributed by atoms with Gasteiger partial charge in [0.2, 0.25) is 0 Å². The van der Waals surface area contributed by atoms with Crippen LogP contribution in [0.3, 0.4) is 0 Å². The average molecular weight is 211 g/mol. The molecule has 1 aromatic rings. The van der Waals surface area contributed by atoms with Crippen molar-refractivity contribution in [3.05, 3.63) is 35.4 Å². The Morgan fingerprint density at radius 3 is 2.47 bits per heavy atom. The Morgan fingerprint density at radius 1 is 1.00 bits per heavy atom. The molecule has 1 heterocycles. The molecule has 1 saturated heterocycles. The smallest absolute Gasteiger partial charge is 0.126 e. The van der Waals surface area contributed by atoms with Crippen LogP contribution in [0.5, 0.6) is 0 Å². The zero-order valence-corrected chi connectivity index (χ0v) is 8.60. The summed E-state index contributed by atoms with van der Waals surface area (Å²) in [5.41, 5.74) is 0.731. The molecule has 1 unspecified atom stereocenters. The number of halogens is 2. The van der Waals surface area contributed by atoms with Gasteiger partial charge >= 0.3 is 0 Å². The van der Waals surface area contributed by atoms with Crippen LogP contribution in [0.1, 0.15) is 37.3 Å². The van der Waals surface area contributed by atoms with E-state index in [4.69, 9.17) is 0 Å². The average Bonchev–Trinajstić information content (AvgIpc) is 2.43. The van der Waals surface area contributed by atoms with Crippen LogP contribution in [0.4, 0.5) is 8.78 Å². The van der Waals surface area contributed by atoms with E-state index in [-0.39, 0.29) is 6.04 Å². The third kappa shape index (κ3) is 2.75. The van der Waals surface area contributed by atoms with E-state index >= 15 is 0 Å². The SMILES string of the molecule is Fc1cc(F)cc(C2CCCCCN2)c1. The van der Waals surface area contributed by atoms with Gasteiger partial charge in [0.15, 0.2) is 0 Å². The minimum Gasteiger partial charge on any atom is -0.310 e. The highest BCUT2D eigenvalue weighted by atomic mass is 19.1. The molecular weight excluding hydrogens is 196 g/mol. The zero-order valence-electron chi connectivity index (χ0n) is 8.60. The zero-order chi connectivity index (χ0) is 10.7. The van der Waals surface area contributed by atoms with Crippen molar-refractivity contribution in [3.8, 4) is 0 Å². The van der Waals surface area contributed by atoms with Crippen molar-refractivity contribution in [1.82, 2.24) is 5.32 Å². The molecule has 3 heteroatoms. The van der Waals surface area contributed by atoms with E-state index in [1.807, 2.05) is 0 Å². The summed E-state index contributed by atoms with van der Waals surface area (Å²) in [6.07, 6.45) is 4.42. The van der Waals surface area contributed by atoms with E-state index in [0.717, 1.165) is 37.4 Å². The Kier molecular flexibility index (Phi) is 3.31. The first-order chi connectivity index (χ1) is 7.25. The van der Waals surface area contributed by atoms with E-state index in [0.29, 0.717) is 0 Å². The number of hydrogen-bond acceptors (Lipinski definition) is 1. The molecule has 1 aliphatic heterocycles. The van der Waals surface area contributed by atoms with Crippen molar-refractivity contribution >= 4 is 0 Å². The molecule has 1 nitrogen and oxygen atoms in total. The third-order valence-electron chi connectivity index (χ3n) is 2.85. The van der Waals surface area contributed by atoms with Crippen molar-refractivity contribution in [3.63, 3.8) is 0 Å². The highest BCUT2D eigenvalue weighted by Crippen LogP contribution is 2.23. The molecule has 1 aliphatic rings. The van der Waals surface area contributed by atoms with Gasteiger partial charge in [0.25, 0.3) is 0 Å². The Hall–Kier alpha value is -0.960. The fraction of sp³-hybridized carbons (Fsp3) is 0.500. The topological polar surface area (TPSA) is 12.0 Å². The van der Waals surface area contributed by atoms with Crippen molar-refractivity contribution in [2.24, 2.45) is 0 Å². The van der Waals surface area contributed by atoms with Gasteiger partial charge in [-0.3, -0.25) is 0 Å². The summed E-state index contributed by atoms with van der Waals surface area (Å²) >= 11 is 0. The van der Waals surface area contributed by atoms with E-state index in [1.165, 1.54) is 18.6 Å². The maximum Gasteiger partial charge on any atom is 0.126 e. The summed E-state index contributed by atoms with van der Waals surface area (Å²) < 4.78 is 26.0. The Balaban J connectivity index is 2.19. The van der Waals surface area contributed by atoms with E-state index in [9.17, 15) is 8.78 Å². The maximum absolute atomic E-state index is 13.0. The summed E-state index contributed by atoms with van der Waals surface area (Å²) in [5.74, 6) is -0.980. The minimum atomic E-state index is -0.490. The lowest BCUT2D eigenvalue weighted by atomic mass is 10.0. The molecule has 0 aromatic heterocycles. The Morgan fingerprint density at radius 2 is 1.73 bits per heavy atom. The summed E-state index contributed by atoms with van der Waals surface area (Å²) in [6, 6.07) is 3.87. The van der Waals surface area contributed by atoms with E-state index < -0.39 is 11.6 Å². The summed E-state index contributed by atoms with van der Waals surface area (Å²) in [6.45, 7) is 0.933. The molecular formula is C12H15F2N. The molecule has 15 heavy (non-hydrogen) atoms. The summed E-state index contributed by atoms with van der Waals surface area (Å²) in [4.78, 5) is 0. The van der Waals surface area contributed by atoms with Gasteiger partial charge < -0.3 is 5.32 Å². The fourth-order valence-corrected chi connectivity index (χ4v) is 2.09. The third-order valence-corrected chi connectivity index (χ3v) is 2.85. The second-order valence-electron chi connectivity index (χ2n) is 4.06. The van der Waals surface area contributed by atoms with E-state index in [2.05, 4.69) is 5.32 Å². The molecule has 0 saturated carbocycles. The highest BCUT2D eigenvalue weighted by Gasteiger charge is 2.14. The van der Waals surface area contributed by atoms with Crippen LogP contribution < -0.4 is 5.32 Å². The van der Waals surface area contributed by atoms with Gasteiger partial charge in [0.05, 0.1) is 0 Å². The molecule has 0 radical (unpaired) electrons. The number of rotatable bonds is 1. The van der Waals surface area contributed by atoms with Crippen molar-refractivity contribution in [2.45, 2.75) is 31.7 Å². The molecule has 0 amide bonds. The largest absolute Gasteiger partial charge is 0.310 e. The first-order valence-electron chi connectivity index (χ1n) is 5.45. The highest BCUT2D eigenvalue weighted by molar-refractivity contribution is 5.21. The van der Waals surface area contributed by atoms with Crippen LogP contribution in [0.25, 0.3) is 0 Å². The van der Waals surface area contributed by atoms with Crippen LogP contribution in [0.15, 0.2) is 18.2 Å². The molecule has 1 atom stereocenters. The maximum atomic E-state index is 13.0. The molecule has 0 spiro atoms. The van der Waals surface area contributed by atoms with Gasteiger partial charge in [-0.15, -0.1) is 0 Å². The second kappa shape index (κ2) is 4.71. The monoisotopic (exact) mass is 211 g/mol. The van der Waals surface area contributed by atoms with Gasteiger partial charge in [-0.25, -0.2) is 8.78 Å². The Bertz CT molecular complexity index is 310. The van der Waals surface area contributed by atoms with Crippen LogP contribution >= 0.6 is 0 Å². The molecule has 0 aliphatic carbocycles. The van der Waals surface area contributed by atoms with Gasteiger partial charge in [-0.1, -0.05) is 12.8 Å². The van der Waals surface area contributed by atoms with Crippen LogP contribution in [-0.4, -0.2) is 6.54 Å². The number of hydrogen-bond donors (Lipinski definition) is 1. The van der Waals surface area contributed by atoms with Crippen molar-refractivity contribution < 1.29 is 8.78 Å². The van der Waals surface area contributed by atoms with Crippen molar-refractivity contribution in [1.29, 1.82) is 0 Å². The normalized spacial score (nSPS) is 22.4. The van der Waals surface area contributed by atoms with Crippen LogP contribution in [0, 0.1) is 11.6 Å². The van der Waals surface area contributed by atoms with Gasteiger partial charge in [0.1, 0.15) is 11.6 Å². The molecule has 0 bridgehead atoms. The van der Waals surface area contributed by atoms with Crippen LogP contribution in [-0.2, 0) is 0 Å². The Labute approximate surface area is 88.5 Å². The summed E-state index contributed by atoms with van der Waals surface area (Å²) in [7, 11) is 0. The van der Waals surface area contributed by atoms with Gasteiger partial charge in [-0.05, 0) is 37.1 Å². The summed E-state index contributed by atoms with van der Waals surface area (Å²) in [5, 5.41) is 3.32. The first-order valence-corrected chi connectivity index (χ1v) is 5.45. The molecule has 1 fully saturated rings. The lowest BCUT2D eigenvalue weighted by molar-refractivity contribution is 0.518. The van der Waals surface area contributed by atoms with Gasteiger partial charge in [0, 0.05) is 12.1 Å². The minimum absolute atomic E-state index is 0.109. The first kappa shape index (κ1) is 10.6.